The summed E-state index contributed by atoms with van der Waals surface area (Å²) in [5.74, 6) is -0.0995. The van der Waals surface area contributed by atoms with Gasteiger partial charge in [0, 0.05) is 35.5 Å². The number of aryl methyl sites for hydroxylation is 2. The summed E-state index contributed by atoms with van der Waals surface area (Å²) in [5, 5.41) is 7.63. The summed E-state index contributed by atoms with van der Waals surface area (Å²) in [7, 11) is 0. The maximum absolute atomic E-state index is 13.2. The van der Waals surface area contributed by atoms with E-state index in [2.05, 4.69) is 42.3 Å². The second-order valence-electron chi connectivity index (χ2n) is 8.94. The number of nitrogens with zero attached hydrogens (tertiary/aromatic N) is 2. The Hall–Kier alpha value is -3.51. The zero-order valence-corrected chi connectivity index (χ0v) is 20.2. The van der Waals surface area contributed by atoms with Crippen molar-refractivity contribution >= 4 is 39.1 Å². The second-order valence-corrected chi connectivity index (χ2v) is 9.80. The van der Waals surface area contributed by atoms with Crippen molar-refractivity contribution in [2.75, 3.05) is 18.4 Å². The van der Waals surface area contributed by atoms with Crippen LogP contribution in [0.4, 0.5) is 5.13 Å². The maximum Gasteiger partial charge on any atom is 0.254 e. The molecular weight excluding hydrogens is 442 g/mol. The lowest BCUT2D eigenvalue weighted by atomic mass is 9.95. The Morgan fingerprint density at radius 1 is 1.00 bits per heavy atom. The first-order chi connectivity index (χ1) is 16.5. The van der Waals surface area contributed by atoms with E-state index in [1.165, 1.54) is 22.5 Å². The largest absolute Gasteiger partial charge is 0.339 e. The zero-order chi connectivity index (χ0) is 23.7. The van der Waals surface area contributed by atoms with Gasteiger partial charge in [0.2, 0.25) is 5.91 Å². The van der Waals surface area contributed by atoms with Gasteiger partial charge in [-0.25, -0.2) is 4.98 Å². The van der Waals surface area contributed by atoms with Crippen LogP contribution in [-0.4, -0.2) is 34.8 Å². The minimum absolute atomic E-state index is 0.0150. The van der Waals surface area contributed by atoms with Crippen molar-refractivity contribution < 1.29 is 9.59 Å². The average molecular weight is 470 g/mol. The van der Waals surface area contributed by atoms with Crippen LogP contribution in [0.25, 0.3) is 22.0 Å². The molecule has 0 unspecified atom stereocenters. The normalized spacial score (nSPS) is 14.4. The van der Waals surface area contributed by atoms with E-state index in [0.29, 0.717) is 31.1 Å². The van der Waals surface area contributed by atoms with Gasteiger partial charge in [0.25, 0.3) is 5.91 Å². The van der Waals surface area contributed by atoms with Gasteiger partial charge in [0.1, 0.15) is 0 Å². The van der Waals surface area contributed by atoms with Crippen molar-refractivity contribution in [3.63, 3.8) is 0 Å². The number of hydrogen-bond donors (Lipinski definition) is 1. The summed E-state index contributed by atoms with van der Waals surface area (Å²) in [6.07, 6.45) is 1.30. The molecule has 34 heavy (non-hydrogen) atoms. The fraction of sp³-hybridized carbons (Fsp3) is 0.250. The van der Waals surface area contributed by atoms with Gasteiger partial charge < -0.3 is 10.2 Å². The van der Waals surface area contributed by atoms with Crippen LogP contribution in [0.2, 0.25) is 0 Å². The number of piperidine rings is 1. The number of hydrogen-bond acceptors (Lipinski definition) is 4. The molecule has 5 rings (SSSR count). The molecule has 1 fully saturated rings. The van der Waals surface area contributed by atoms with Crippen molar-refractivity contribution in [2.45, 2.75) is 26.7 Å². The van der Waals surface area contributed by atoms with Crippen molar-refractivity contribution in [1.82, 2.24) is 9.88 Å². The molecule has 1 aliphatic heterocycles. The monoisotopic (exact) mass is 469 g/mol. The molecule has 1 saturated heterocycles. The lowest BCUT2D eigenvalue weighted by molar-refractivity contribution is -0.121. The van der Waals surface area contributed by atoms with E-state index < -0.39 is 0 Å². The Morgan fingerprint density at radius 3 is 2.56 bits per heavy atom. The SMILES string of the molecule is Cc1ccc(-c2csc(NC(=O)C3CCN(C(=O)c4cccc5ccccc45)CC3)n2)c(C)c1. The molecule has 2 amide bonds. The molecule has 1 aliphatic rings. The number of rotatable bonds is 4. The molecule has 5 nitrogen and oxygen atoms in total. The highest BCUT2D eigenvalue weighted by Gasteiger charge is 2.29. The van der Waals surface area contributed by atoms with Gasteiger partial charge in [-0.15, -0.1) is 11.3 Å². The molecule has 0 aliphatic carbocycles. The van der Waals surface area contributed by atoms with Crippen LogP contribution in [-0.2, 0) is 4.79 Å². The molecule has 6 heteroatoms. The van der Waals surface area contributed by atoms with E-state index in [4.69, 9.17) is 0 Å². The molecule has 2 heterocycles. The summed E-state index contributed by atoms with van der Waals surface area (Å²) in [6, 6.07) is 20.1. The van der Waals surface area contributed by atoms with Crippen LogP contribution in [0.1, 0.15) is 34.3 Å². The van der Waals surface area contributed by atoms with Crippen LogP contribution in [0.5, 0.6) is 0 Å². The highest BCUT2D eigenvalue weighted by atomic mass is 32.1. The summed E-state index contributed by atoms with van der Waals surface area (Å²) in [5.41, 5.74) is 5.08. The van der Waals surface area contributed by atoms with Crippen LogP contribution in [0.15, 0.2) is 66.0 Å². The van der Waals surface area contributed by atoms with Gasteiger partial charge >= 0.3 is 0 Å². The van der Waals surface area contributed by atoms with E-state index in [1.54, 1.807) is 0 Å². The van der Waals surface area contributed by atoms with Crippen LogP contribution < -0.4 is 5.32 Å². The number of likely N-dealkylation sites (tertiary alicyclic amines) is 1. The predicted molar refractivity (Wildman–Crippen MR) is 138 cm³/mol. The smallest absolute Gasteiger partial charge is 0.254 e. The van der Waals surface area contributed by atoms with Crippen molar-refractivity contribution in [2.24, 2.45) is 5.92 Å². The van der Waals surface area contributed by atoms with Crippen molar-refractivity contribution in [3.8, 4) is 11.3 Å². The maximum atomic E-state index is 13.2. The van der Waals surface area contributed by atoms with E-state index in [0.717, 1.165) is 27.6 Å². The Kier molecular flexibility index (Phi) is 6.16. The molecule has 0 spiro atoms. The van der Waals surface area contributed by atoms with E-state index in [9.17, 15) is 9.59 Å². The number of amides is 2. The van der Waals surface area contributed by atoms with Gasteiger partial charge in [-0.05, 0) is 49.1 Å². The number of carbonyl (C=O) groups excluding carboxylic acids is 2. The Balaban J connectivity index is 1.21. The minimum Gasteiger partial charge on any atom is -0.339 e. The third kappa shape index (κ3) is 4.46. The Morgan fingerprint density at radius 2 is 1.76 bits per heavy atom. The van der Waals surface area contributed by atoms with Gasteiger partial charge in [-0.1, -0.05) is 60.2 Å². The first-order valence-electron chi connectivity index (χ1n) is 11.6. The number of thiazole rings is 1. The fourth-order valence-electron chi connectivity index (χ4n) is 4.69. The Labute approximate surface area is 203 Å². The van der Waals surface area contributed by atoms with E-state index in [1.807, 2.05) is 52.7 Å². The highest BCUT2D eigenvalue weighted by molar-refractivity contribution is 7.14. The number of fused-ring (bicyclic) bond motifs is 1. The van der Waals surface area contributed by atoms with Crippen molar-refractivity contribution in [3.05, 3.63) is 82.7 Å². The predicted octanol–water partition coefficient (Wildman–Crippen LogP) is 6.07. The number of nitrogens with one attached hydrogen (secondary N) is 1. The molecule has 0 atom stereocenters. The third-order valence-corrected chi connectivity index (χ3v) is 7.32. The van der Waals surface area contributed by atoms with Gasteiger partial charge in [0.15, 0.2) is 5.13 Å². The Bertz CT molecular complexity index is 1360. The number of anilines is 1. The van der Waals surface area contributed by atoms with Crippen LogP contribution >= 0.6 is 11.3 Å². The lowest BCUT2D eigenvalue weighted by Gasteiger charge is -2.31. The molecule has 0 saturated carbocycles. The first-order valence-corrected chi connectivity index (χ1v) is 12.5. The molecule has 1 aromatic heterocycles. The minimum atomic E-state index is -0.120. The van der Waals surface area contributed by atoms with Gasteiger partial charge in [0.05, 0.1) is 5.69 Å². The van der Waals surface area contributed by atoms with Gasteiger partial charge in [-0.3, -0.25) is 9.59 Å². The van der Waals surface area contributed by atoms with Crippen LogP contribution in [0, 0.1) is 19.8 Å². The topological polar surface area (TPSA) is 62.3 Å². The quantitative estimate of drug-likeness (QED) is 0.394. The van der Waals surface area contributed by atoms with Gasteiger partial charge in [-0.2, -0.15) is 0 Å². The standard InChI is InChI=1S/C28H27N3O2S/c1-18-10-11-22(19(2)16-18)25-17-34-28(29-25)30-26(32)21-12-14-31(15-13-21)27(33)24-9-5-7-20-6-3-4-8-23(20)24/h3-11,16-17,21H,12-15H2,1-2H3,(H,29,30,32). The number of carbonyl (C=O) groups is 2. The zero-order valence-electron chi connectivity index (χ0n) is 19.4. The fourth-order valence-corrected chi connectivity index (χ4v) is 5.40. The second kappa shape index (κ2) is 9.39. The first kappa shape index (κ1) is 22.3. The average Bonchev–Trinajstić information content (AvgIpc) is 3.31. The molecule has 1 N–H and O–H groups in total. The lowest BCUT2D eigenvalue weighted by Crippen LogP contribution is -2.41. The summed E-state index contributed by atoms with van der Waals surface area (Å²) < 4.78 is 0. The molecule has 3 aromatic carbocycles. The molecule has 0 radical (unpaired) electrons. The molecular formula is C28H27N3O2S. The molecule has 4 aromatic rings. The molecule has 0 bridgehead atoms. The van der Waals surface area contributed by atoms with Crippen LogP contribution in [0.3, 0.4) is 0 Å². The highest BCUT2D eigenvalue weighted by Crippen LogP contribution is 2.29. The summed E-state index contributed by atoms with van der Waals surface area (Å²) in [4.78, 5) is 32.6. The summed E-state index contributed by atoms with van der Waals surface area (Å²) >= 11 is 1.45. The molecule has 172 valence electrons. The summed E-state index contributed by atoms with van der Waals surface area (Å²) in [6.45, 7) is 5.30. The van der Waals surface area contributed by atoms with E-state index in [-0.39, 0.29) is 17.7 Å². The number of aromatic nitrogens is 1. The third-order valence-electron chi connectivity index (χ3n) is 6.57. The van der Waals surface area contributed by atoms with Crippen molar-refractivity contribution in [1.29, 1.82) is 0 Å². The van der Waals surface area contributed by atoms with E-state index >= 15 is 0 Å². The number of benzene rings is 3.